The van der Waals surface area contributed by atoms with Crippen LogP contribution in [0.25, 0.3) is 0 Å². The average Bonchev–Trinajstić information content (AvgIpc) is 2.35. The summed E-state index contributed by atoms with van der Waals surface area (Å²) in [5.74, 6) is 0. The molecule has 2 heteroatoms. The van der Waals surface area contributed by atoms with E-state index in [1.54, 1.807) is 0 Å². The summed E-state index contributed by atoms with van der Waals surface area (Å²) in [5.41, 5.74) is 4.52. The minimum absolute atomic E-state index is 0.919. The summed E-state index contributed by atoms with van der Waals surface area (Å²) in [5, 5.41) is 1.39. The minimum atomic E-state index is -1.63. The number of unbranched alkanes of at least 4 members (excludes halogenated alkanes) is 1. The van der Waals surface area contributed by atoms with E-state index in [2.05, 4.69) is 56.9 Å². The van der Waals surface area contributed by atoms with Crippen LogP contribution in [0.1, 0.15) is 31.7 Å². The molecule has 0 saturated carbocycles. The van der Waals surface area contributed by atoms with E-state index in [0.29, 0.717) is 0 Å². The van der Waals surface area contributed by atoms with Crippen molar-refractivity contribution in [3.63, 3.8) is 0 Å². The molecule has 1 aromatic carbocycles. The SMILES string of the molecule is CCCC/C(C=O)=C/[Si](C)(C)c1ccc(C)cc1. The third kappa shape index (κ3) is 4.26. The molecule has 0 amide bonds. The van der Waals surface area contributed by atoms with E-state index >= 15 is 0 Å². The predicted molar refractivity (Wildman–Crippen MR) is 82.0 cm³/mol. The highest BCUT2D eigenvalue weighted by atomic mass is 28.3. The van der Waals surface area contributed by atoms with E-state index in [1.807, 2.05) is 0 Å². The molecular weight excluding hydrogens is 236 g/mol. The Labute approximate surface area is 112 Å². The van der Waals surface area contributed by atoms with Gasteiger partial charge in [-0.15, -0.1) is 0 Å². The van der Waals surface area contributed by atoms with Gasteiger partial charge in [-0.1, -0.05) is 67.2 Å². The Balaban J connectivity index is 2.93. The summed E-state index contributed by atoms with van der Waals surface area (Å²) in [4.78, 5) is 11.1. The standard InChI is InChI=1S/C16H24OSi/c1-5-6-7-15(12-17)13-18(3,4)16-10-8-14(2)9-11-16/h8-13H,5-7H2,1-4H3/b15-13-. The lowest BCUT2D eigenvalue weighted by atomic mass is 10.1. The lowest BCUT2D eigenvalue weighted by Crippen LogP contribution is -2.40. The van der Waals surface area contributed by atoms with Crippen LogP contribution in [0.15, 0.2) is 35.5 Å². The maximum Gasteiger partial charge on any atom is 0.145 e. The topological polar surface area (TPSA) is 17.1 Å². The normalized spacial score (nSPS) is 12.6. The molecule has 0 heterocycles. The van der Waals surface area contributed by atoms with Gasteiger partial charge in [-0.05, 0) is 25.3 Å². The lowest BCUT2D eigenvalue weighted by molar-refractivity contribution is -0.105. The molecule has 0 bridgehead atoms. The molecule has 1 aromatic rings. The Morgan fingerprint density at radius 3 is 2.33 bits per heavy atom. The van der Waals surface area contributed by atoms with Crippen molar-refractivity contribution in [1.29, 1.82) is 0 Å². The first kappa shape index (κ1) is 14.9. The van der Waals surface area contributed by atoms with Gasteiger partial charge in [0.2, 0.25) is 0 Å². The second kappa shape index (κ2) is 6.69. The van der Waals surface area contributed by atoms with Crippen molar-refractivity contribution in [2.75, 3.05) is 0 Å². The number of aldehydes is 1. The Morgan fingerprint density at radius 1 is 1.22 bits per heavy atom. The van der Waals surface area contributed by atoms with Crippen molar-refractivity contribution in [3.05, 3.63) is 41.1 Å². The van der Waals surface area contributed by atoms with Crippen LogP contribution in [-0.4, -0.2) is 14.4 Å². The summed E-state index contributed by atoms with van der Waals surface area (Å²) in [6.45, 7) is 8.86. The maximum absolute atomic E-state index is 11.1. The summed E-state index contributed by atoms with van der Waals surface area (Å²) >= 11 is 0. The molecule has 0 aliphatic carbocycles. The van der Waals surface area contributed by atoms with Gasteiger partial charge in [0.25, 0.3) is 0 Å². The van der Waals surface area contributed by atoms with E-state index in [-0.39, 0.29) is 0 Å². The van der Waals surface area contributed by atoms with Crippen molar-refractivity contribution in [3.8, 4) is 0 Å². The molecule has 0 fully saturated rings. The summed E-state index contributed by atoms with van der Waals surface area (Å²) in [7, 11) is -1.63. The number of aryl methyl sites for hydroxylation is 1. The lowest BCUT2D eigenvalue weighted by Gasteiger charge is -2.20. The number of benzene rings is 1. The van der Waals surface area contributed by atoms with E-state index in [1.165, 1.54) is 10.8 Å². The highest BCUT2D eigenvalue weighted by Crippen LogP contribution is 2.12. The largest absolute Gasteiger partial charge is 0.298 e. The fraction of sp³-hybridized carbons (Fsp3) is 0.438. The molecule has 0 saturated heterocycles. The molecule has 98 valence electrons. The number of rotatable bonds is 6. The summed E-state index contributed by atoms with van der Waals surface area (Å²) in [6, 6.07) is 8.73. The smallest absolute Gasteiger partial charge is 0.145 e. The van der Waals surface area contributed by atoms with Gasteiger partial charge < -0.3 is 0 Å². The van der Waals surface area contributed by atoms with E-state index in [4.69, 9.17) is 0 Å². The summed E-state index contributed by atoms with van der Waals surface area (Å²) < 4.78 is 0. The van der Waals surface area contributed by atoms with Gasteiger partial charge in [-0.2, -0.15) is 0 Å². The summed E-state index contributed by atoms with van der Waals surface area (Å²) in [6.07, 6.45) is 4.20. The van der Waals surface area contributed by atoms with E-state index < -0.39 is 8.07 Å². The first-order valence-corrected chi connectivity index (χ1v) is 9.81. The predicted octanol–water partition coefficient (Wildman–Crippen LogP) is 3.77. The molecule has 0 aromatic heterocycles. The number of carbonyl (C=O) groups is 1. The minimum Gasteiger partial charge on any atom is -0.298 e. The van der Waals surface area contributed by atoms with Crippen LogP contribution < -0.4 is 5.19 Å². The molecule has 18 heavy (non-hydrogen) atoms. The molecule has 0 spiro atoms. The quantitative estimate of drug-likeness (QED) is 0.432. The van der Waals surface area contributed by atoms with Crippen molar-refractivity contribution in [2.24, 2.45) is 0 Å². The van der Waals surface area contributed by atoms with Gasteiger partial charge in [0.15, 0.2) is 0 Å². The monoisotopic (exact) mass is 260 g/mol. The van der Waals surface area contributed by atoms with Crippen LogP contribution in [0.4, 0.5) is 0 Å². The number of hydrogen-bond acceptors (Lipinski definition) is 1. The number of allylic oxidation sites excluding steroid dienone is 1. The third-order valence-electron chi connectivity index (χ3n) is 3.31. The van der Waals surface area contributed by atoms with Gasteiger partial charge in [-0.25, -0.2) is 0 Å². The van der Waals surface area contributed by atoms with Crippen LogP contribution in [0.3, 0.4) is 0 Å². The highest BCUT2D eigenvalue weighted by molar-refractivity contribution is 6.94. The van der Waals surface area contributed by atoms with Crippen LogP contribution in [0.2, 0.25) is 13.1 Å². The third-order valence-corrected chi connectivity index (χ3v) is 6.23. The van der Waals surface area contributed by atoms with Crippen LogP contribution >= 0.6 is 0 Å². The Bertz CT molecular complexity index is 415. The molecule has 1 nitrogen and oxygen atoms in total. The highest BCUT2D eigenvalue weighted by Gasteiger charge is 2.21. The van der Waals surface area contributed by atoms with E-state index in [0.717, 1.165) is 31.1 Å². The van der Waals surface area contributed by atoms with Gasteiger partial charge in [0.05, 0.1) is 0 Å². The Morgan fingerprint density at radius 2 is 1.83 bits per heavy atom. The second-order valence-corrected chi connectivity index (χ2v) is 9.84. The van der Waals surface area contributed by atoms with Crippen molar-refractivity contribution < 1.29 is 4.79 Å². The fourth-order valence-corrected chi connectivity index (χ4v) is 4.41. The molecular formula is C16H24OSi. The van der Waals surface area contributed by atoms with Crippen molar-refractivity contribution >= 4 is 19.5 Å². The molecule has 0 atom stereocenters. The van der Waals surface area contributed by atoms with Crippen LogP contribution in [0.5, 0.6) is 0 Å². The van der Waals surface area contributed by atoms with Gasteiger partial charge in [-0.3, -0.25) is 4.79 Å². The van der Waals surface area contributed by atoms with Gasteiger partial charge >= 0.3 is 0 Å². The van der Waals surface area contributed by atoms with Crippen LogP contribution in [-0.2, 0) is 4.79 Å². The molecule has 0 aliphatic rings. The maximum atomic E-state index is 11.1. The zero-order chi connectivity index (χ0) is 13.6. The first-order chi connectivity index (χ1) is 8.49. The molecule has 0 aliphatic heterocycles. The fourth-order valence-electron chi connectivity index (χ4n) is 2.08. The molecule has 1 rings (SSSR count). The number of carbonyl (C=O) groups excluding carboxylic acids is 1. The van der Waals surface area contributed by atoms with Crippen LogP contribution in [0, 0.1) is 6.92 Å². The molecule has 0 radical (unpaired) electrons. The Hall–Kier alpha value is -1.15. The average molecular weight is 260 g/mol. The zero-order valence-electron chi connectivity index (χ0n) is 12.0. The zero-order valence-corrected chi connectivity index (χ0v) is 13.0. The van der Waals surface area contributed by atoms with Gasteiger partial charge in [0, 0.05) is 0 Å². The van der Waals surface area contributed by atoms with Crippen molar-refractivity contribution in [2.45, 2.75) is 46.2 Å². The first-order valence-electron chi connectivity index (χ1n) is 6.73. The second-order valence-electron chi connectivity index (χ2n) is 5.53. The van der Waals surface area contributed by atoms with E-state index in [9.17, 15) is 4.79 Å². The van der Waals surface area contributed by atoms with Gasteiger partial charge in [0.1, 0.15) is 14.4 Å². The van der Waals surface area contributed by atoms with Crippen molar-refractivity contribution in [1.82, 2.24) is 0 Å². The Kier molecular flexibility index (Phi) is 5.54. The molecule has 0 unspecified atom stereocenters. The molecule has 0 N–H and O–H groups in total. The number of hydrogen-bond donors (Lipinski definition) is 0.